The molecular formula is C24H22Br2Cl2N8O7S4. The van der Waals surface area contributed by atoms with Gasteiger partial charge in [0, 0.05) is 19.5 Å². The van der Waals surface area contributed by atoms with Crippen LogP contribution in [0.3, 0.4) is 0 Å². The van der Waals surface area contributed by atoms with Gasteiger partial charge < -0.3 is 18.8 Å². The lowest BCUT2D eigenvalue weighted by molar-refractivity contribution is 0.144. The average Bonchev–Trinajstić information content (AvgIpc) is 3.80. The van der Waals surface area contributed by atoms with E-state index >= 15 is 0 Å². The molecule has 15 nitrogen and oxygen atoms in total. The van der Waals surface area contributed by atoms with Crippen LogP contribution in [0.4, 0.5) is 11.6 Å². The fourth-order valence-electron chi connectivity index (χ4n) is 3.17. The summed E-state index contributed by atoms with van der Waals surface area (Å²) >= 11 is 19.8. The van der Waals surface area contributed by atoms with Crippen LogP contribution in [0.25, 0.3) is 0 Å². The molecule has 0 aliphatic heterocycles. The summed E-state index contributed by atoms with van der Waals surface area (Å²) in [4.78, 5) is 20.1. The first-order chi connectivity index (χ1) is 22.4. The second-order valence-corrected chi connectivity index (χ2v) is 17.4. The molecule has 0 fully saturated rings. The molecule has 0 radical (unpaired) electrons. The van der Waals surface area contributed by atoms with E-state index in [9.17, 15) is 16.8 Å². The third-order valence-electron chi connectivity index (χ3n) is 5.18. The van der Waals surface area contributed by atoms with E-state index in [1.54, 1.807) is 18.7 Å². The van der Waals surface area contributed by atoms with Crippen molar-refractivity contribution >= 4 is 109 Å². The molecule has 0 saturated carbocycles. The molecule has 2 N–H and O–H groups in total. The van der Waals surface area contributed by atoms with Crippen molar-refractivity contribution in [3.05, 3.63) is 73.3 Å². The molecule has 0 atom stereocenters. The molecule has 0 aromatic carbocycles. The van der Waals surface area contributed by atoms with E-state index in [1.807, 2.05) is 4.57 Å². The van der Waals surface area contributed by atoms with Gasteiger partial charge in [0.05, 0.1) is 40.5 Å². The third-order valence-corrected chi connectivity index (χ3v) is 12.1. The molecule has 0 bridgehead atoms. The maximum Gasteiger partial charge on any atom is 0.272 e. The lowest BCUT2D eigenvalue weighted by Gasteiger charge is -2.11. The smallest absolute Gasteiger partial charge is 0.272 e. The highest BCUT2D eigenvalue weighted by Crippen LogP contribution is 2.31. The minimum atomic E-state index is -3.83. The van der Waals surface area contributed by atoms with E-state index < -0.39 is 20.0 Å². The number of methoxy groups -OCH3 is 1. The molecule has 5 aromatic rings. The Balaban J connectivity index is 0.000000215. The second-order valence-electron chi connectivity index (χ2n) is 8.51. The second kappa shape index (κ2) is 17.2. The molecule has 0 aliphatic rings. The quantitative estimate of drug-likeness (QED) is 0.128. The summed E-state index contributed by atoms with van der Waals surface area (Å²) in [6.45, 7) is 1.34. The Morgan fingerprint density at radius 1 is 0.809 bits per heavy atom. The van der Waals surface area contributed by atoms with E-state index in [0.29, 0.717) is 31.0 Å². The van der Waals surface area contributed by atoms with Gasteiger partial charge in [-0.05, 0) is 56.1 Å². The number of rotatable bonds is 14. The van der Waals surface area contributed by atoms with E-state index in [2.05, 4.69) is 66.2 Å². The predicted molar refractivity (Wildman–Crippen MR) is 185 cm³/mol. The van der Waals surface area contributed by atoms with Gasteiger partial charge in [-0.3, -0.25) is 9.44 Å². The fourth-order valence-corrected chi connectivity index (χ4v) is 8.68. The molecule has 252 valence electrons. The van der Waals surface area contributed by atoms with Crippen molar-refractivity contribution in [2.24, 2.45) is 0 Å². The van der Waals surface area contributed by atoms with Gasteiger partial charge in [-0.1, -0.05) is 23.2 Å². The van der Waals surface area contributed by atoms with Crippen LogP contribution in [0.2, 0.25) is 8.67 Å². The van der Waals surface area contributed by atoms with Crippen molar-refractivity contribution in [2.45, 2.75) is 15.0 Å². The summed E-state index contributed by atoms with van der Waals surface area (Å²) in [6.07, 6.45) is 7.84. The summed E-state index contributed by atoms with van der Waals surface area (Å²) in [6, 6.07) is 5.84. The molecule has 5 rings (SSSR count). The Morgan fingerprint density at radius 2 is 1.32 bits per heavy atom. The zero-order valence-corrected chi connectivity index (χ0v) is 31.7. The van der Waals surface area contributed by atoms with Gasteiger partial charge in [0.2, 0.25) is 11.6 Å². The summed E-state index contributed by atoms with van der Waals surface area (Å²) in [5.74, 6) is 0.112. The number of halogens is 4. The Labute approximate surface area is 304 Å². The summed E-state index contributed by atoms with van der Waals surface area (Å²) < 4.78 is 73.4. The molecule has 5 aromatic heterocycles. The van der Waals surface area contributed by atoms with Crippen molar-refractivity contribution in [1.82, 2.24) is 29.5 Å². The van der Waals surface area contributed by atoms with E-state index in [1.165, 1.54) is 43.8 Å². The van der Waals surface area contributed by atoms with Crippen LogP contribution >= 0.6 is 77.7 Å². The normalized spacial score (nSPS) is 11.4. The first-order valence-corrected chi connectivity index (χ1v) is 19.6. The number of thiophene rings is 2. The Kier molecular flexibility index (Phi) is 13.6. The van der Waals surface area contributed by atoms with Crippen molar-refractivity contribution in [3.63, 3.8) is 0 Å². The van der Waals surface area contributed by atoms with Gasteiger partial charge in [-0.15, -0.1) is 22.7 Å². The zero-order chi connectivity index (χ0) is 34.0. The number of sulfonamides is 2. The Bertz CT molecular complexity index is 2000. The topological polar surface area (TPSA) is 189 Å². The molecule has 47 heavy (non-hydrogen) atoms. The number of aromatic nitrogens is 6. The minimum Gasteiger partial charge on any atom is -0.473 e. The van der Waals surface area contributed by atoms with Crippen LogP contribution in [0.5, 0.6) is 11.8 Å². The van der Waals surface area contributed by atoms with E-state index in [0.717, 1.165) is 22.7 Å². The highest BCUT2D eigenvalue weighted by Gasteiger charge is 2.22. The number of ether oxygens (including phenoxy) is 3. The molecular weight excluding hydrogens is 871 g/mol. The van der Waals surface area contributed by atoms with Gasteiger partial charge in [0.1, 0.15) is 30.8 Å². The zero-order valence-electron chi connectivity index (χ0n) is 23.7. The van der Waals surface area contributed by atoms with Crippen LogP contribution in [0.1, 0.15) is 0 Å². The van der Waals surface area contributed by atoms with Crippen molar-refractivity contribution in [1.29, 1.82) is 0 Å². The molecule has 0 spiro atoms. The summed E-state index contributed by atoms with van der Waals surface area (Å²) in [5.41, 5.74) is 0. The van der Waals surface area contributed by atoms with E-state index in [-0.39, 0.29) is 45.0 Å². The Morgan fingerprint density at radius 3 is 1.74 bits per heavy atom. The third kappa shape index (κ3) is 11.2. The largest absolute Gasteiger partial charge is 0.473 e. The van der Waals surface area contributed by atoms with Gasteiger partial charge >= 0.3 is 0 Å². The predicted octanol–water partition coefficient (Wildman–Crippen LogP) is 5.81. The lowest BCUT2D eigenvalue weighted by Crippen LogP contribution is -2.15. The van der Waals surface area contributed by atoms with E-state index in [4.69, 9.17) is 37.4 Å². The maximum atomic E-state index is 12.4. The van der Waals surface area contributed by atoms with Gasteiger partial charge in [0.25, 0.3) is 31.8 Å². The number of imidazole rings is 1. The van der Waals surface area contributed by atoms with Crippen LogP contribution in [-0.2, 0) is 31.3 Å². The molecule has 0 saturated heterocycles. The molecule has 0 unspecified atom stereocenters. The maximum absolute atomic E-state index is 12.4. The number of anilines is 2. The van der Waals surface area contributed by atoms with Crippen LogP contribution in [0.15, 0.2) is 73.0 Å². The van der Waals surface area contributed by atoms with Crippen LogP contribution in [0, 0.1) is 0 Å². The number of hydrogen-bond acceptors (Lipinski definition) is 14. The minimum absolute atomic E-state index is 0.00152. The number of nitrogens with zero attached hydrogens (tertiary/aromatic N) is 6. The van der Waals surface area contributed by atoms with Crippen molar-refractivity contribution in [3.8, 4) is 11.8 Å². The highest BCUT2D eigenvalue weighted by atomic mass is 79.9. The fraction of sp³-hybridized carbons (Fsp3) is 0.208. The monoisotopic (exact) mass is 890 g/mol. The lowest BCUT2D eigenvalue weighted by atomic mass is 10.6. The van der Waals surface area contributed by atoms with Crippen LogP contribution < -0.4 is 18.9 Å². The number of nitrogens with one attached hydrogen (secondary N) is 2. The number of hydrogen-bond donors (Lipinski definition) is 2. The first kappa shape index (κ1) is 37.2. The SMILES string of the molecule is COCCOc1nc(Br)cnc1NS(=O)(=O)c1ccc(Cl)s1.O=S(=O)(Nc1ncc(Br)nc1OCCn1ccnc1)c1ccc(Cl)s1. The van der Waals surface area contributed by atoms with Gasteiger partial charge in [-0.25, -0.2) is 41.8 Å². The highest BCUT2D eigenvalue weighted by molar-refractivity contribution is 9.10. The van der Waals surface area contributed by atoms with Gasteiger partial charge in [0.15, 0.2) is 0 Å². The molecule has 0 aliphatic carbocycles. The van der Waals surface area contributed by atoms with Crippen LogP contribution in [-0.4, -0.2) is 73.3 Å². The van der Waals surface area contributed by atoms with Gasteiger partial charge in [-0.2, -0.15) is 0 Å². The first-order valence-electron chi connectivity index (χ1n) is 12.7. The molecule has 0 amide bonds. The van der Waals surface area contributed by atoms with Crippen molar-refractivity contribution in [2.75, 3.05) is 36.4 Å². The summed E-state index contributed by atoms with van der Waals surface area (Å²) in [7, 11) is -6.10. The molecule has 5 heterocycles. The average molecular weight is 893 g/mol. The van der Waals surface area contributed by atoms with Crippen molar-refractivity contribution < 1.29 is 31.0 Å². The molecule has 23 heteroatoms. The standard InChI is InChI=1S/C13H11BrClN5O3S2.C11H11BrClN3O4S2/c14-9-7-17-12(19-25(21,22)11-2-1-10(15)24-11)13(18-9)23-6-5-20-4-3-16-8-20;1-19-4-5-20-11-10(14-6-7(12)15-11)16-22(17,18)9-3-2-8(13)21-9/h1-4,7-8H,5-6H2,(H,17,19);2-3,6H,4-5H2,1H3,(H,14,16). The summed E-state index contributed by atoms with van der Waals surface area (Å²) in [5, 5.41) is 0. The Hall–Kier alpha value is -2.63.